The van der Waals surface area contributed by atoms with Crippen molar-refractivity contribution in [2.45, 2.75) is 38.8 Å². The van der Waals surface area contributed by atoms with Crippen molar-refractivity contribution in [3.05, 3.63) is 23.8 Å². The first-order valence-corrected chi connectivity index (χ1v) is 7.13. The third-order valence-corrected chi connectivity index (χ3v) is 3.46. The quantitative estimate of drug-likeness (QED) is 0.754. The van der Waals surface area contributed by atoms with Crippen LogP contribution in [-0.2, 0) is 4.74 Å². The van der Waals surface area contributed by atoms with Gasteiger partial charge in [-0.05, 0) is 37.5 Å². The second-order valence-corrected chi connectivity index (χ2v) is 4.92. The molecule has 0 aliphatic heterocycles. The van der Waals surface area contributed by atoms with E-state index in [1.807, 2.05) is 12.1 Å². The van der Waals surface area contributed by atoms with Crippen LogP contribution in [0, 0.1) is 0 Å². The third kappa shape index (κ3) is 4.69. The van der Waals surface area contributed by atoms with Crippen LogP contribution in [-0.4, -0.2) is 34.0 Å². The van der Waals surface area contributed by atoms with Gasteiger partial charge in [0.2, 0.25) is 0 Å². The standard InChI is InChI=1S/C16H27NO3/c1-6-14(17-12(2)9-10-18-3)13-7-8-15(19-4)16(11-13)20-5/h7-8,11-12,14,17H,6,9-10H2,1-5H3. The summed E-state index contributed by atoms with van der Waals surface area (Å²) in [7, 11) is 5.05. The van der Waals surface area contributed by atoms with E-state index in [0.29, 0.717) is 12.1 Å². The molecule has 0 aliphatic rings. The molecule has 114 valence electrons. The molecule has 0 fully saturated rings. The van der Waals surface area contributed by atoms with Crippen LogP contribution in [0.1, 0.15) is 38.3 Å². The van der Waals surface area contributed by atoms with Gasteiger partial charge in [-0.2, -0.15) is 0 Å². The van der Waals surface area contributed by atoms with Crippen molar-refractivity contribution < 1.29 is 14.2 Å². The maximum absolute atomic E-state index is 5.37. The van der Waals surface area contributed by atoms with E-state index in [-0.39, 0.29) is 0 Å². The van der Waals surface area contributed by atoms with Crippen molar-refractivity contribution in [3.8, 4) is 11.5 Å². The van der Waals surface area contributed by atoms with Crippen LogP contribution in [0.3, 0.4) is 0 Å². The molecule has 0 bridgehead atoms. The normalized spacial score (nSPS) is 13.8. The third-order valence-electron chi connectivity index (χ3n) is 3.46. The van der Waals surface area contributed by atoms with Gasteiger partial charge in [0, 0.05) is 25.8 Å². The molecule has 1 N–H and O–H groups in total. The van der Waals surface area contributed by atoms with Crippen molar-refractivity contribution in [2.24, 2.45) is 0 Å². The molecule has 1 aromatic rings. The molecule has 4 heteroatoms. The number of hydrogen-bond donors (Lipinski definition) is 1. The molecule has 0 aliphatic carbocycles. The van der Waals surface area contributed by atoms with Gasteiger partial charge in [-0.3, -0.25) is 0 Å². The number of rotatable bonds is 9. The number of hydrogen-bond acceptors (Lipinski definition) is 4. The molecule has 1 aromatic carbocycles. The molecular formula is C16H27NO3. The summed E-state index contributed by atoms with van der Waals surface area (Å²) in [6, 6.07) is 6.81. The van der Waals surface area contributed by atoms with E-state index in [9.17, 15) is 0 Å². The molecular weight excluding hydrogens is 254 g/mol. The van der Waals surface area contributed by atoms with Crippen molar-refractivity contribution >= 4 is 0 Å². The van der Waals surface area contributed by atoms with E-state index >= 15 is 0 Å². The lowest BCUT2D eigenvalue weighted by atomic mass is 10.0. The fraction of sp³-hybridized carbons (Fsp3) is 0.625. The van der Waals surface area contributed by atoms with E-state index in [0.717, 1.165) is 30.9 Å². The van der Waals surface area contributed by atoms with Crippen LogP contribution >= 0.6 is 0 Å². The van der Waals surface area contributed by atoms with Crippen LogP contribution in [0.2, 0.25) is 0 Å². The van der Waals surface area contributed by atoms with Crippen molar-refractivity contribution in [3.63, 3.8) is 0 Å². The number of methoxy groups -OCH3 is 3. The summed E-state index contributed by atoms with van der Waals surface area (Å²) < 4.78 is 15.8. The smallest absolute Gasteiger partial charge is 0.161 e. The van der Waals surface area contributed by atoms with Crippen molar-refractivity contribution in [2.75, 3.05) is 27.9 Å². The fourth-order valence-corrected chi connectivity index (χ4v) is 2.24. The minimum absolute atomic E-state index is 0.307. The maximum Gasteiger partial charge on any atom is 0.161 e. The lowest BCUT2D eigenvalue weighted by molar-refractivity contribution is 0.182. The summed E-state index contributed by atoms with van der Waals surface area (Å²) in [5, 5.41) is 3.63. The van der Waals surface area contributed by atoms with Gasteiger partial charge in [-0.25, -0.2) is 0 Å². The lowest BCUT2D eigenvalue weighted by Crippen LogP contribution is -2.31. The van der Waals surface area contributed by atoms with Gasteiger partial charge in [-0.1, -0.05) is 13.0 Å². The largest absolute Gasteiger partial charge is 0.493 e. The van der Waals surface area contributed by atoms with Crippen molar-refractivity contribution in [1.82, 2.24) is 5.32 Å². The minimum Gasteiger partial charge on any atom is -0.493 e. The van der Waals surface area contributed by atoms with Crippen LogP contribution in [0.25, 0.3) is 0 Å². The number of benzene rings is 1. The van der Waals surface area contributed by atoms with Gasteiger partial charge < -0.3 is 19.5 Å². The number of nitrogens with one attached hydrogen (secondary N) is 1. The molecule has 4 nitrogen and oxygen atoms in total. The monoisotopic (exact) mass is 281 g/mol. The topological polar surface area (TPSA) is 39.7 Å². The Morgan fingerprint density at radius 3 is 2.35 bits per heavy atom. The van der Waals surface area contributed by atoms with Crippen LogP contribution in [0.5, 0.6) is 11.5 Å². The highest BCUT2D eigenvalue weighted by molar-refractivity contribution is 5.43. The minimum atomic E-state index is 0.307. The Balaban J connectivity index is 2.78. The Morgan fingerprint density at radius 1 is 1.10 bits per heavy atom. The van der Waals surface area contributed by atoms with E-state index in [1.54, 1.807) is 21.3 Å². The molecule has 0 aromatic heterocycles. The summed E-state index contributed by atoms with van der Waals surface area (Å²) in [4.78, 5) is 0. The molecule has 0 saturated carbocycles. The second-order valence-electron chi connectivity index (χ2n) is 4.92. The molecule has 0 spiro atoms. The first-order valence-electron chi connectivity index (χ1n) is 7.13. The summed E-state index contributed by atoms with van der Waals surface area (Å²) in [5.41, 5.74) is 1.22. The van der Waals surface area contributed by atoms with Crippen LogP contribution in [0.15, 0.2) is 18.2 Å². The van der Waals surface area contributed by atoms with Gasteiger partial charge in [0.1, 0.15) is 0 Å². The zero-order valence-electron chi connectivity index (χ0n) is 13.2. The lowest BCUT2D eigenvalue weighted by Gasteiger charge is -2.23. The highest BCUT2D eigenvalue weighted by atomic mass is 16.5. The Labute approximate surface area is 122 Å². The Kier molecular flexibility index (Phi) is 7.41. The molecule has 0 saturated heterocycles. The molecule has 0 heterocycles. The van der Waals surface area contributed by atoms with E-state index in [1.165, 1.54) is 5.56 Å². The zero-order chi connectivity index (χ0) is 15.0. The molecule has 2 unspecified atom stereocenters. The Bertz CT molecular complexity index is 395. The summed E-state index contributed by atoms with van der Waals surface area (Å²) in [6.45, 7) is 5.14. The first-order chi connectivity index (χ1) is 9.65. The van der Waals surface area contributed by atoms with Gasteiger partial charge in [0.05, 0.1) is 14.2 Å². The molecule has 1 rings (SSSR count). The molecule has 2 atom stereocenters. The summed E-state index contributed by atoms with van der Waals surface area (Å²) in [6.07, 6.45) is 2.02. The van der Waals surface area contributed by atoms with Gasteiger partial charge in [0.15, 0.2) is 11.5 Å². The van der Waals surface area contributed by atoms with Crippen molar-refractivity contribution in [1.29, 1.82) is 0 Å². The van der Waals surface area contributed by atoms with E-state index in [4.69, 9.17) is 14.2 Å². The fourth-order valence-electron chi connectivity index (χ4n) is 2.24. The van der Waals surface area contributed by atoms with Gasteiger partial charge in [-0.15, -0.1) is 0 Å². The highest BCUT2D eigenvalue weighted by Gasteiger charge is 2.14. The number of ether oxygens (including phenoxy) is 3. The summed E-state index contributed by atoms with van der Waals surface area (Å²) in [5.74, 6) is 1.54. The maximum atomic E-state index is 5.37. The molecule has 20 heavy (non-hydrogen) atoms. The predicted octanol–water partition coefficient (Wildman–Crippen LogP) is 3.17. The van der Waals surface area contributed by atoms with E-state index < -0.39 is 0 Å². The highest BCUT2D eigenvalue weighted by Crippen LogP contribution is 2.31. The molecule has 0 radical (unpaired) electrons. The van der Waals surface area contributed by atoms with E-state index in [2.05, 4.69) is 25.2 Å². The van der Waals surface area contributed by atoms with Gasteiger partial charge in [0.25, 0.3) is 0 Å². The average molecular weight is 281 g/mol. The second kappa shape index (κ2) is 8.82. The first kappa shape index (κ1) is 16.8. The van der Waals surface area contributed by atoms with Crippen LogP contribution in [0.4, 0.5) is 0 Å². The summed E-state index contributed by atoms with van der Waals surface area (Å²) >= 11 is 0. The SMILES string of the molecule is CCC(NC(C)CCOC)c1ccc(OC)c(OC)c1. The van der Waals surface area contributed by atoms with Crippen LogP contribution < -0.4 is 14.8 Å². The predicted molar refractivity (Wildman–Crippen MR) is 81.7 cm³/mol. The molecule has 0 amide bonds. The average Bonchev–Trinajstić information content (AvgIpc) is 2.49. The Hall–Kier alpha value is -1.26. The zero-order valence-corrected chi connectivity index (χ0v) is 13.2. The Morgan fingerprint density at radius 2 is 1.80 bits per heavy atom. The van der Waals surface area contributed by atoms with Gasteiger partial charge >= 0.3 is 0 Å².